The third-order valence-electron chi connectivity index (χ3n) is 5.77. The molecule has 4 nitrogen and oxygen atoms in total. The lowest BCUT2D eigenvalue weighted by atomic mass is 10.0. The van der Waals surface area contributed by atoms with Gasteiger partial charge in [-0.25, -0.2) is 0 Å². The van der Waals surface area contributed by atoms with E-state index in [2.05, 4.69) is 66.5 Å². The van der Waals surface area contributed by atoms with E-state index in [-0.39, 0.29) is 0 Å². The number of fused-ring (bicyclic) bond motifs is 1. The maximum absolute atomic E-state index is 6.41. The van der Waals surface area contributed by atoms with Crippen molar-refractivity contribution in [2.24, 2.45) is 0 Å². The summed E-state index contributed by atoms with van der Waals surface area (Å²) in [6.07, 6.45) is 2.60. The molecule has 0 saturated carbocycles. The minimum atomic E-state index is 0.468. The zero-order valence-electron chi connectivity index (χ0n) is 20.6. The fourth-order valence-electron chi connectivity index (χ4n) is 4.17. The van der Waals surface area contributed by atoms with Gasteiger partial charge in [-0.05, 0) is 78.6 Å². The van der Waals surface area contributed by atoms with E-state index in [0.29, 0.717) is 32.8 Å². The second-order valence-corrected chi connectivity index (χ2v) is 8.25. The highest BCUT2D eigenvalue weighted by atomic mass is 16.5. The van der Waals surface area contributed by atoms with Crippen molar-refractivity contribution in [3.05, 3.63) is 108 Å². The van der Waals surface area contributed by atoms with Crippen molar-refractivity contribution in [1.82, 2.24) is 0 Å². The Labute approximate surface area is 208 Å². The lowest BCUT2D eigenvalue weighted by Gasteiger charge is -2.18. The van der Waals surface area contributed by atoms with Crippen LogP contribution in [0.2, 0.25) is 0 Å². The zero-order chi connectivity index (χ0) is 24.5. The van der Waals surface area contributed by atoms with Gasteiger partial charge in [-0.3, -0.25) is 0 Å². The Kier molecular flexibility index (Phi) is 8.29. The average Bonchev–Trinajstić information content (AvgIpc) is 2.88. The molecule has 4 aromatic rings. The monoisotopic (exact) mass is 467 g/mol. The molecule has 0 fully saturated rings. The molecule has 0 bridgehead atoms. The van der Waals surface area contributed by atoms with Gasteiger partial charge in [-0.15, -0.1) is 6.58 Å². The molecule has 0 amide bonds. The number of nitrogens with one attached hydrogen (secondary N) is 1. The molecular formula is C31H33NO3. The topological polar surface area (TPSA) is 39.7 Å². The summed E-state index contributed by atoms with van der Waals surface area (Å²) in [4.78, 5) is 0. The van der Waals surface area contributed by atoms with Crippen molar-refractivity contribution >= 4 is 16.5 Å². The Morgan fingerprint density at radius 1 is 0.800 bits per heavy atom. The molecule has 0 aliphatic carbocycles. The predicted octanol–water partition coefficient (Wildman–Crippen LogP) is 7.56. The Balaban J connectivity index is 1.56. The molecule has 1 N–H and O–H groups in total. The Bertz CT molecular complexity index is 1260. The third kappa shape index (κ3) is 6.15. The molecule has 0 radical (unpaired) electrons. The van der Waals surface area contributed by atoms with Gasteiger partial charge in [0.1, 0.15) is 12.4 Å². The molecule has 4 aromatic carbocycles. The number of anilines is 1. The quantitative estimate of drug-likeness (QED) is 0.218. The molecule has 4 heteroatoms. The van der Waals surface area contributed by atoms with Gasteiger partial charge in [0.05, 0.1) is 13.2 Å². The summed E-state index contributed by atoms with van der Waals surface area (Å²) >= 11 is 0. The molecular weight excluding hydrogens is 434 g/mol. The molecule has 0 aliphatic heterocycles. The lowest BCUT2D eigenvalue weighted by molar-refractivity contribution is 0.267. The first-order chi connectivity index (χ1) is 17.2. The number of allylic oxidation sites excluding steroid dienone is 1. The van der Waals surface area contributed by atoms with Gasteiger partial charge >= 0.3 is 0 Å². The molecule has 0 spiro atoms. The summed E-state index contributed by atoms with van der Waals surface area (Å²) < 4.78 is 18.0. The Hall–Kier alpha value is -3.92. The van der Waals surface area contributed by atoms with Crippen LogP contribution in [0.4, 0.5) is 5.69 Å². The highest BCUT2D eigenvalue weighted by molar-refractivity contribution is 5.85. The number of rotatable bonds is 12. The van der Waals surface area contributed by atoms with Crippen LogP contribution in [0.3, 0.4) is 0 Å². The van der Waals surface area contributed by atoms with E-state index in [1.54, 1.807) is 0 Å². The maximum Gasteiger partial charge on any atom is 0.165 e. The molecule has 180 valence electrons. The number of benzene rings is 4. The minimum Gasteiger partial charge on any atom is -0.494 e. The van der Waals surface area contributed by atoms with Gasteiger partial charge in [0.15, 0.2) is 11.5 Å². The fourth-order valence-corrected chi connectivity index (χ4v) is 4.17. The van der Waals surface area contributed by atoms with E-state index < -0.39 is 0 Å². The van der Waals surface area contributed by atoms with Crippen LogP contribution in [-0.4, -0.2) is 13.2 Å². The normalized spacial score (nSPS) is 10.7. The van der Waals surface area contributed by atoms with Crippen molar-refractivity contribution in [1.29, 1.82) is 0 Å². The van der Waals surface area contributed by atoms with E-state index in [1.165, 1.54) is 10.8 Å². The van der Waals surface area contributed by atoms with Crippen molar-refractivity contribution in [3.8, 4) is 17.2 Å². The summed E-state index contributed by atoms with van der Waals surface area (Å²) in [5.74, 6) is 2.41. The molecule has 0 heterocycles. The van der Waals surface area contributed by atoms with Crippen LogP contribution in [0, 0.1) is 0 Å². The van der Waals surface area contributed by atoms with Crippen LogP contribution in [0.25, 0.3) is 10.8 Å². The van der Waals surface area contributed by atoms with Crippen molar-refractivity contribution in [2.75, 3.05) is 18.5 Å². The second-order valence-electron chi connectivity index (χ2n) is 8.25. The highest BCUT2D eigenvalue weighted by Gasteiger charge is 2.14. The van der Waals surface area contributed by atoms with Gasteiger partial charge in [0.25, 0.3) is 0 Å². The second kappa shape index (κ2) is 12.0. The largest absolute Gasteiger partial charge is 0.494 e. The van der Waals surface area contributed by atoms with Crippen LogP contribution in [0.5, 0.6) is 17.2 Å². The average molecular weight is 468 g/mol. The van der Waals surface area contributed by atoms with Gasteiger partial charge in [0, 0.05) is 17.8 Å². The first kappa shape index (κ1) is 24.2. The Morgan fingerprint density at radius 3 is 2.34 bits per heavy atom. The van der Waals surface area contributed by atoms with Crippen LogP contribution >= 0.6 is 0 Å². The zero-order valence-corrected chi connectivity index (χ0v) is 20.6. The molecule has 0 atom stereocenters. The molecule has 0 aromatic heterocycles. The Morgan fingerprint density at radius 2 is 1.57 bits per heavy atom. The van der Waals surface area contributed by atoms with Crippen molar-refractivity contribution in [2.45, 2.75) is 33.4 Å². The van der Waals surface area contributed by atoms with Crippen LogP contribution in [0.1, 0.15) is 30.5 Å². The minimum absolute atomic E-state index is 0.468. The van der Waals surface area contributed by atoms with Gasteiger partial charge in [-0.2, -0.15) is 0 Å². The molecule has 35 heavy (non-hydrogen) atoms. The maximum atomic E-state index is 6.41. The van der Waals surface area contributed by atoms with Crippen LogP contribution in [-0.2, 0) is 19.6 Å². The first-order valence-electron chi connectivity index (χ1n) is 12.2. The smallest absolute Gasteiger partial charge is 0.165 e. The number of hydrogen-bond acceptors (Lipinski definition) is 4. The van der Waals surface area contributed by atoms with Gasteiger partial charge < -0.3 is 19.5 Å². The number of hydrogen-bond donors (Lipinski definition) is 1. The first-order valence-corrected chi connectivity index (χ1v) is 12.2. The van der Waals surface area contributed by atoms with Gasteiger partial charge in [0.2, 0.25) is 0 Å². The van der Waals surface area contributed by atoms with E-state index in [4.69, 9.17) is 14.2 Å². The standard InChI is InChI=1S/C31H33NO3/c1-4-10-25-19-23(21-32-27-15-17-28(18-16-27)33-5-2)20-30(34-6-3)31(25)35-22-26-13-9-12-24-11-7-8-14-29(24)26/h4,7-9,11-20,32H,1,5-6,10,21-22H2,2-3H3. The van der Waals surface area contributed by atoms with Gasteiger partial charge in [-0.1, -0.05) is 48.5 Å². The summed E-state index contributed by atoms with van der Waals surface area (Å²) in [6.45, 7) is 10.3. The summed E-state index contributed by atoms with van der Waals surface area (Å²) in [6, 6.07) is 26.9. The highest BCUT2D eigenvalue weighted by Crippen LogP contribution is 2.35. The SMILES string of the molecule is C=CCc1cc(CNc2ccc(OCC)cc2)cc(OCC)c1OCc1cccc2ccccc12. The molecule has 4 rings (SSSR count). The fraction of sp³-hybridized carbons (Fsp3) is 0.226. The van der Waals surface area contributed by atoms with Crippen LogP contribution in [0.15, 0.2) is 91.5 Å². The van der Waals surface area contributed by atoms with Crippen molar-refractivity contribution in [3.63, 3.8) is 0 Å². The third-order valence-corrected chi connectivity index (χ3v) is 5.77. The molecule has 0 aliphatic rings. The van der Waals surface area contributed by atoms with E-state index in [9.17, 15) is 0 Å². The van der Waals surface area contributed by atoms with E-state index in [1.807, 2.05) is 44.2 Å². The van der Waals surface area contributed by atoms with Crippen LogP contribution < -0.4 is 19.5 Å². The summed E-state index contributed by atoms with van der Waals surface area (Å²) in [5, 5.41) is 5.90. The molecule has 0 unspecified atom stereocenters. The van der Waals surface area contributed by atoms with E-state index >= 15 is 0 Å². The summed E-state index contributed by atoms with van der Waals surface area (Å²) in [5.41, 5.74) is 4.37. The predicted molar refractivity (Wildman–Crippen MR) is 145 cm³/mol. The lowest BCUT2D eigenvalue weighted by Crippen LogP contribution is -2.06. The van der Waals surface area contributed by atoms with E-state index in [0.717, 1.165) is 39.6 Å². The summed E-state index contributed by atoms with van der Waals surface area (Å²) in [7, 11) is 0. The molecule has 0 saturated heterocycles. The van der Waals surface area contributed by atoms with Crippen molar-refractivity contribution < 1.29 is 14.2 Å². The number of ether oxygens (including phenoxy) is 3.